The first kappa shape index (κ1) is 14.7. The van der Waals surface area contributed by atoms with Crippen molar-refractivity contribution in [3.8, 4) is 0 Å². The predicted molar refractivity (Wildman–Crippen MR) is 85.3 cm³/mol. The van der Waals surface area contributed by atoms with Crippen LogP contribution >= 0.6 is 7.92 Å². The highest BCUT2D eigenvalue weighted by molar-refractivity contribution is 7.87. The monoisotopic (exact) mass is 286 g/mol. The van der Waals surface area contributed by atoms with Gasteiger partial charge in [-0.2, -0.15) is 0 Å². The number of ether oxygens (including phenoxy) is 1. The summed E-state index contributed by atoms with van der Waals surface area (Å²) in [7, 11) is -1.10. The Morgan fingerprint density at radius 3 is 1.80 bits per heavy atom. The molecule has 0 fully saturated rings. The molecule has 0 amide bonds. The highest BCUT2D eigenvalue weighted by Crippen LogP contribution is 2.35. The van der Waals surface area contributed by atoms with Crippen molar-refractivity contribution in [3.63, 3.8) is 0 Å². The van der Waals surface area contributed by atoms with Gasteiger partial charge >= 0.3 is 5.71 Å². The van der Waals surface area contributed by atoms with Gasteiger partial charge in [-0.25, -0.2) is 4.79 Å². The van der Waals surface area contributed by atoms with Gasteiger partial charge < -0.3 is 4.74 Å². The number of rotatable bonds is 5. The van der Waals surface area contributed by atoms with Gasteiger partial charge in [0.05, 0.1) is 14.5 Å². The lowest BCUT2D eigenvalue weighted by atomic mass is 10.2. The Morgan fingerprint density at radius 2 is 1.40 bits per heavy atom. The summed E-state index contributed by atoms with van der Waals surface area (Å²) in [5, 5.41) is 2.06. The number of carbonyl (C=O) groups is 1. The first-order valence-corrected chi connectivity index (χ1v) is 8.09. The molecule has 20 heavy (non-hydrogen) atoms. The van der Waals surface area contributed by atoms with E-state index in [1.807, 2.05) is 74.5 Å². The molecule has 0 atom stereocenters. The lowest BCUT2D eigenvalue weighted by molar-refractivity contribution is 0.159. The molecule has 2 rings (SSSR count). The second-order valence-corrected chi connectivity index (χ2v) is 7.05. The Bertz CT molecular complexity index is 498. The number of hydrogen-bond acceptors (Lipinski definition) is 2. The van der Waals surface area contributed by atoms with Crippen LogP contribution in [-0.4, -0.2) is 12.3 Å². The van der Waals surface area contributed by atoms with E-state index in [0.717, 1.165) is 10.6 Å². The van der Waals surface area contributed by atoms with E-state index in [4.69, 9.17) is 4.74 Å². The van der Waals surface area contributed by atoms with Gasteiger partial charge in [-0.05, 0) is 16.5 Å². The van der Waals surface area contributed by atoms with Gasteiger partial charge in [0.2, 0.25) is 0 Å². The zero-order chi connectivity index (χ0) is 14.4. The van der Waals surface area contributed by atoms with E-state index >= 15 is 0 Å². The van der Waals surface area contributed by atoms with Crippen LogP contribution < -0.4 is 10.6 Å². The van der Waals surface area contributed by atoms with Gasteiger partial charge in [0.25, 0.3) is 0 Å². The third-order valence-corrected chi connectivity index (χ3v) is 4.87. The Hall–Kier alpha value is -1.66. The molecule has 0 N–H and O–H groups in total. The largest absolute Gasteiger partial charge is 0.462 e. The highest BCUT2D eigenvalue weighted by Gasteiger charge is 2.24. The fraction of sp³-hybridized carbons (Fsp3) is 0.235. The average Bonchev–Trinajstić information content (AvgIpc) is 2.48. The molecule has 0 aliphatic carbocycles. The molecular formula is C17H19O2P. The van der Waals surface area contributed by atoms with Crippen LogP contribution in [0.4, 0.5) is 4.79 Å². The fourth-order valence-corrected chi connectivity index (χ4v) is 3.68. The minimum Gasteiger partial charge on any atom is -0.462 e. The van der Waals surface area contributed by atoms with Gasteiger partial charge in [-0.3, -0.25) is 0 Å². The lowest BCUT2D eigenvalue weighted by Gasteiger charge is -2.17. The highest BCUT2D eigenvalue weighted by atomic mass is 31.1. The van der Waals surface area contributed by atoms with E-state index in [9.17, 15) is 4.79 Å². The summed E-state index contributed by atoms with van der Waals surface area (Å²) in [6.07, 6.45) is 0. The smallest absolute Gasteiger partial charge is 0.335 e. The quantitative estimate of drug-likeness (QED) is 0.779. The van der Waals surface area contributed by atoms with Crippen LogP contribution in [-0.2, 0) is 4.74 Å². The van der Waals surface area contributed by atoms with Crippen molar-refractivity contribution in [1.29, 1.82) is 0 Å². The molecule has 0 aliphatic rings. The maximum atomic E-state index is 12.5. The van der Waals surface area contributed by atoms with Crippen molar-refractivity contribution in [2.75, 3.05) is 6.61 Å². The van der Waals surface area contributed by atoms with Crippen LogP contribution in [0.5, 0.6) is 0 Å². The second-order valence-electron chi connectivity index (χ2n) is 4.98. The van der Waals surface area contributed by atoms with Crippen molar-refractivity contribution >= 4 is 24.2 Å². The topological polar surface area (TPSA) is 26.3 Å². The Balaban J connectivity index is 2.28. The average molecular weight is 286 g/mol. The van der Waals surface area contributed by atoms with Crippen molar-refractivity contribution < 1.29 is 9.53 Å². The van der Waals surface area contributed by atoms with Crippen LogP contribution in [0.1, 0.15) is 13.8 Å². The summed E-state index contributed by atoms with van der Waals surface area (Å²) in [5.41, 5.74) is -0.119. The molecular weight excluding hydrogens is 267 g/mol. The molecule has 3 heteroatoms. The fourth-order valence-electron chi connectivity index (χ4n) is 1.82. The third-order valence-electron chi connectivity index (χ3n) is 2.75. The SMILES string of the molecule is CC(C)COC(=O)P(c1ccccc1)c1ccccc1. The number of hydrogen-bond donors (Lipinski definition) is 0. The molecule has 104 valence electrons. The first-order valence-electron chi connectivity index (χ1n) is 6.75. The minimum atomic E-state index is -1.10. The van der Waals surface area contributed by atoms with Crippen LogP contribution in [0.15, 0.2) is 60.7 Å². The van der Waals surface area contributed by atoms with Gasteiger partial charge in [0.1, 0.15) is 0 Å². The summed E-state index contributed by atoms with van der Waals surface area (Å²) in [5.74, 6) is 0.349. The van der Waals surface area contributed by atoms with Crippen LogP contribution in [0.25, 0.3) is 0 Å². The Morgan fingerprint density at radius 1 is 0.950 bits per heavy atom. The summed E-state index contributed by atoms with van der Waals surface area (Å²) < 4.78 is 5.46. The van der Waals surface area contributed by atoms with Crippen LogP contribution in [0, 0.1) is 5.92 Å². The molecule has 0 heterocycles. The van der Waals surface area contributed by atoms with E-state index in [1.165, 1.54) is 0 Å². The zero-order valence-corrected chi connectivity index (χ0v) is 12.7. The van der Waals surface area contributed by atoms with E-state index < -0.39 is 7.92 Å². The van der Waals surface area contributed by atoms with Gasteiger partial charge in [-0.1, -0.05) is 74.5 Å². The summed E-state index contributed by atoms with van der Waals surface area (Å²) in [4.78, 5) is 12.5. The molecule has 2 aromatic rings. The van der Waals surface area contributed by atoms with Crippen LogP contribution in [0.3, 0.4) is 0 Å². The minimum absolute atomic E-state index is 0.119. The number of carbonyl (C=O) groups excluding carboxylic acids is 1. The lowest BCUT2D eigenvalue weighted by Crippen LogP contribution is -2.20. The molecule has 0 aromatic heterocycles. The molecule has 0 saturated heterocycles. The standard InChI is InChI=1S/C17H19O2P/c1-14(2)13-19-17(18)20(15-9-5-3-6-10-15)16-11-7-4-8-12-16/h3-12,14H,13H2,1-2H3. The maximum Gasteiger partial charge on any atom is 0.335 e. The molecule has 0 unspecified atom stereocenters. The van der Waals surface area contributed by atoms with E-state index in [2.05, 4.69) is 0 Å². The molecule has 0 bridgehead atoms. The van der Waals surface area contributed by atoms with Crippen molar-refractivity contribution in [2.24, 2.45) is 5.92 Å². The van der Waals surface area contributed by atoms with Crippen molar-refractivity contribution in [2.45, 2.75) is 13.8 Å². The molecule has 0 spiro atoms. The van der Waals surface area contributed by atoms with Gasteiger partial charge in [0.15, 0.2) is 0 Å². The van der Waals surface area contributed by atoms with Gasteiger partial charge in [-0.15, -0.1) is 0 Å². The number of benzene rings is 2. The normalized spacial score (nSPS) is 10.8. The summed E-state index contributed by atoms with van der Waals surface area (Å²) in [6.45, 7) is 4.55. The first-order chi connectivity index (χ1) is 9.68. The molecule has 0 radical (unpaired) electrons. The zero-order valence-electron chi connectivity index (χ0n) is 11.8. The van der Waals surface area contributed by atoms with E-state index in [1.54, 1.807) is 0 Å². The van der Waals surface area contributed by atoms with Gasteiger partial charge in [0, 0.05) is 0 Å². The molecule has 0 saturated carbocycles. The Kier molecular flexibility index (Phi) is 5.31. The van der Waals surface area contributed by atoms with Crippen molar-refractivity contribution in [1.82, 2.24) is 0 Å². The third kappa shape index (κ3) is 3.91. The predicted octanol–water partition coefficient (Wildman–Crippen LogP) is 3.91. The molecule has 2 nitrogen and oxygen atoms in total. The maximum absolute atomic E-state index is 12.5. The molecule has 2 aromatic carbocycles. The second kappa shape index (κ2) is 7.21. The Labute approximate surface area is 121 Å². The van der Waals surface area contributed by atoms with Crippen LogP contribution in [0.2, 0.25) is 0 Å². The van der Waals surface area contributed by atoms with Crippen molar-refractivity contribution in [3.05, 3.63) is 60.7 Å². The van der Waals surface area contributed by atoms with E-state index in [0.29, 0.717) is 12.5 Å². The van der Waals surface area contributed by atoms with E-state index in [-0.39, 0.29) is 5.71 Å². The summed E-state index contributed by atoms with van der Waals surface area (Å²) >= 11 is 0. The molecule has 0 aliphatic heterocycles. The summed E-state index contributed by atoms with van der Waals surface area (Å²) in [6, 6.07) is 19.7.